The minimum absolute atomic E-state index is 0.0561. The van der Waals surface area contributed by atoms with Gasteiger partial charge in [-0.1, -0.05) is 12.2 Å². The molecule has 0 aromatic heterocycles. The first-order valence-corrected chi connectivity index (χ1v) is 8.14. The zero-order chi connectivity index (χ0) is 17.5. The molecule has 0 aromatic rings. The number of amides is 1. The Labute approximate surface area is 140 Å². The standard InChI is InChI=1S/C18H29N3O2/c1-6-12-21(13-7-2)18(14-19)10-8-15(9-11-18)20-16(22)23-17(3,4)5/h6-7,15H,1-2,8-13H2,3-5H3,(H,20,22)/t15-,18-. The predicted molar refractivity (Wildman–Crippen MR) is 91.9 cm³/mol. The van der Waals surface area contributed by atoms with Gasteiger partial charge in [0.25, 0.3) is 0 Å². The lowest BCUT2D eigenvalue weighted by Gasteiger charge is -2.42. The van der Waals surface area contributed by atoms with Gasteiger partial charge in [-0.15, -0.1) is 13.2 Å². The Morgan fingerprint density at radius 1 is 1.35 bits per heavy atom. The van der Waals surface area contributed by atoms with Crippen molar-refractivity contribution in [1.29, 1.82) is 5.26 Å². The zero-order valence-electron chi connectivity index (χ0n) is 14.6. The largest absolute Gasteiger partial charge is 0.444 e. The molecule has 128 valence electrons. The van der Waals surface area contributed by atoms with Crippen LogP contribution >= 0.6 is 0 Å². The summed E-state index contributed by atoms with van der Waals surface area (Å²) < 4.78 is 5.29. The number of ether oxygens (including phenoxy) is 1. The van der Waals surface area contributed by atoms with Crippen LogP contribution in [0.25, 0.3) is 0 Å². The Kier molecular flexibility index (Phi) is 6.83. The van der Waals surface area contributed by atoms with Gasteiger partial charge in [0, 0.05) is 19.1 Å². The summed E-state index contributed by atoms with van der Waals surface area (Å²) in [6.45, 7) is 14.4. The predicted octanol–water partition coefficient (Wildman–Crippen LogP) is 3.39. The number of nitrogens with zero attached hydrogens (tertiary/aromatic N) is 2. The third kappa shape index (κ3) is 5.72. The summed E-state index contributed by atoms with van der Waals surface area (Å²) in [6, 6.07) is 2.54. The van der Waals surface area contributed by atoms with Gasteiger partial charge in [-0.2, -0.15) is 5.26 Å². The first-order chi connectivity index (χ1) is 10.8. The van der Waals surface area contributed by atoms with Gasteiger partial charge in [0.05, 0.1) is 6.07 Å². The Morgan fingerprint density at radius 2 is 1.87 bits per heavy atom. The number of carbonyl (C=O) groups is 1. The third-order valence-electron chi connectivity index (χ3n) is 4.05. The number of rotatable bonds is 6. The number of alkyl carbamates (subject to hydrolysis) is 1. The second-order valence-electron chi connectivity index (χ2n) is 7.05. The molecule has 1 saturated carbocycles. The second kappa shape index (κ2) is 8.16. The van der Waals surface area contributed by atoms with E-state index in [1.807, 2.05) is 32.9 Å². The van der Waals surface area contributed by atoms with Gasteiger partial charge < -0.3 is 10.1 Å². The molecule has 1 aliphatic carbocycles. The van der Waals surface area contributed by atoms with E-state index in [2.05, 4.69) is 29.4 Å². The van der Waals surface area contributed by atoms with Crippen molar-refractivity contribution < 1.29 is 9.53 Å². The quantitative estimate of drug-likeness (QED) is 0.762. The van der Waals surface area contributed by atoms with Crippen LogP contribution in [0, 0.1) is 11.3 Å². The Bertz CT molecular complexity index is 456. The van der Waals surface area contributed by atoms with Crippen molar-refractivity contribution in [3.8, 4) is 6.07 Å². The summed E-state index contributed by atoms with van der Waals surface area (Å²) in [4.78, 5) is 14.0. The molecular formula is C18H29N3O2. The highest BCUT2D eigenvalue weighted by Crippen LogP contribution is 2.33. The van der Waals surface area contributed by atoms with Crippen molar-refractivity contribution in [2.45, 2.75) is 63.6 Å². The van der Waals surface area contributed by atoms with Crippen LogP contribution in [0.4, 0.5) is 4.79 Å². The van der Waals surface area contributed by atoms with Crippen LogP contribution in [0.5, 0.6) is 0 Å². The third-order valence-corrected chi connectivity index (χ3v) is 4.05. The molecule has 5 heteroatoms. The van der Waals surface area contributed by atoms with E-state index in [0.29, 0.717) is 25.9 Å². The molecule has 5 nitrogen and oxygen atoms in total. The molecule has 1 fully saturated rings. The van der Waals surface area contributed by atoms with E-state index in [1.54, 1.807) is 0 Å². The summed E-state index contributed by atoms with van der Waals surface area (Å²) in [5, 5.41) is 12.6. The topological polar surface area (TPSA) is 65.4 Å². The van der Waals surface area contributed by atoms with Crippen LogP contribution in [-0.4, -0.2) is 41.3 Å². The highest BCUT2D eigenvalue weighted by atomic mass is 16.6. The van der Waals surface area contributed by atoms with Crippen LogP contribution in [0.3, 0.4) is 0 Å². The molecular weight excluding hydrogens is 290 g/mol. The van der Waals surface area contributed by atoms with E-state index < -0.39 is 11.1 Å². The second-order valence-corrected chi connectivity index (χ2v) is 7.05. The van der Waals surface area contributed by atoms with Gasteiger partial charge in [0.1, 0.15) is 11.1 Å². The van der Waals surface area contributed by atoms with Gasteiger partial charge >= 0.3 is 6.09 Å². The summed E-state index contributed by atoms with van der Waals surface area (Å²) in [6.07, 6.45) is 6.19. The fraction of sp³-hybridized carbons (Fsp3) is 0.667. The molecule has 0 atom stereocenters. The monoisotopic (exact) mass is 319 g/mol. The normalized spacial score (nSPS) is 24.6. The van der Waals surface area contributed by atoms with Crippen molar-refractivity contribution in [1.82, 2.24) is 10.2 Å². The van der Waals surface area contributed by atoms with Gasteiger partial charge in [-0.25, -0.2) is 4.79 Å². The smallest absolute Gasteiger partial charge is 0.407 e. The van der Waals surface area contributed by atoms with E-state index in [9.17, 15) is 10.1 Å². The van der Waals surface area contributed by atoms with E-state index in [1.165, 1.54) is 0 Å². The summed E-state index contributed by atoms with van der Waals surface area (Å²) in [5.41, 5.74) is -1.01. The first-order valence-electron chi connectivity index (χ1n) is 8.14. The zero-order valence-corrected chi connectivity index (χ0v) is 14.6. The number of nitriles is 1. The SMILES string of the molecule is C=CCN(CC=C)[C@]1(C#N)CC[C@@H](NC(=O)OC(C)(C)C)CC1. The lowest BCUT2D eigenvalue weighted by Crippen LogP contribution is -2.53. The minimum Gasteiger partial charge on any atom is -0.444 e. The fourth-order valence-electron chi connectivity index (χ4n) is 2.95. The van der Waals surface area contributed by atoms with Crippen molar-refractivity contribution in [3.63, 3.8) is 0 Å². The average Bonchev–Trinajstić information content (AvgIpc) is 2.46. The number of hydrogen-bond acceptors (Lipinski definition) is 4. The average molecular weight is 319 g/mol. The molecule has 23 heavy (non-hydrogen) atoms. The molecule has 1 aliphatic rings. The maximum atomic E-state index is 11.9. The number of hydrogen-bond donors (Lipinski definition) is 1. The first kappa shape index (κ1) is 19.2. The molecule has 0 radical (unpaired) electrons. The Hall–Kier alpha value is -1.80. The van der Waals surface area contributed by atoms with Crippen molar-refractivity contribution >= 4 is 6.09 Å². The van der Waals surface area contributed by atoms with E-state index in [0.717, 1.165) is 12.8 Å². The maximum absolute atomic E-state index is 11.9. The van der Waals surface area contributed by atoms with E-state index >= 15 is 0 Å². The number of nitrogens with one attached hydrogen (secondary N) is 1. The summed E-state index contributed by atoms with van der Waals surface area (Å²) >= 11 is 0. The highest BCUT2D eigenvalue weighted by molar-refractivity contribution is 5.68. The van der Waals surface area contributed by atoms with E-state index in [4.69, 9.17) is 4.74 Å². The van der Waals surface area contributed by atoms with Crippen molar-refractivity contribution in [2.75, 3.05) is 13.1 Å². The molecule has 0 spiro atoms. The summed E-state index contributed by atoms with van der Waals surface area (Å²) in [7, 11) is 0. The summed E-state index contributed by atoms with van der Waals surface area (Å²) in [5.74, 6) is 0. The molecule has 0 heterocycles. The van der Waals surface area contributed by atoms with Crippen molar-refractivity contribution in [3.05, 3.63) is 25.3 Å². The highest BCUT2D eigenvalue weighted by Gasteiger charge is 2.40. The molecule has 0 aromatic carbocycles. The van der Waals surface area contributed by atoms with Crippen LogP contribution in [0.1, 0.15) is 46.5 Å². The fourth-order valence-corrected chi connectivity index (χ4v) is 2.95. The Balaban J connectivity index is 2.64. The Morgan fingerprint density at radius 3 is 2.26 bits per heavy atom. The molecule has 1 amide bonds. The molecule has 0 unspecified atom stereocenters. The maximum Gasteiger partial charge on any atom is 0.407 e. The number of carbonyl (C=O) groups excluding carboxylic acids is 1. The lowest BCUT2D eigenvalue weighted by atomic mass is 9.79. The van der Waals surface area contributed by atoms with Gasteiger partial charge in [0.15, 0.2) is 0 Å². The lowest BCUT2D eigenvalue weighted by molar-refractivity contribution is 0.0459. The van der Waals surface area contributed by atoms with Crippen LogP contribution in [0.15, 0.2) is 25.3 Å². The van der Waals surface area contributed by atoms with E-state index in [-0.39, 0.29) is 12.1 Å². The van der Waals surface area contributed by atoms with Gasteiger partial charge in [-0.05, 0) is 46.5 Å². The van der Waals surface area contributed by atoms with Crippen LogP contribution < -0.4 is 5.32 Å². The molecule has 0 aliphatic heterocycles. The van der Waals surface area contributed by atoms with Crippen LogP contribution in [0.2, 0.25) is 0 Å². The molecule has 1 rings (SSSR count). The molecule has 1 N–H and O–H groups in total. The minimum atomic E-state index is -0.505. The van der Waals surface area contributed by atoms with Gasteiger partial charge in [-0.3, -0.25) is 4.90 Å². The molecule has 0 saturated heterocycles. The van der Waals surface area contributed by atoms with Crippen LogP contribution in [-0.2, 0) is 4.74 Å². The van der Waals surface area contributed by atoms with Gasteiger partial charge in [0.2, 0.25) is 0 Å². The molecule has 0 bridgehead atoms. The van der Waals surface area contributed by atoms with Crippen molar-refractivity contribution in [2.24, 2.45) is 0 Å².